The Labute approximate surface area is 132 Å². The third-order valence-electron chi connectivity index (χ3n) is 3.91. The van der Waals surface area contributed by atoms with Crippen molar-refractivity contribution in [2.75, 3.05) is 13.6 Å². The molecule has 0 saturated carbocycles. The number of ketones is 1. The highest BCUT2D eigenvalue weighted by Gasteiger charge is 2.35. The van der Waals surface area contributed by atoms with Crippen LogP contribution in [-0.2, 0) is 16.1 Å². The summed E-state index contributed by atoms with van der Waals surface area (Å²) in [5, 5.41) is 14.5. The Hall–Kier alpha value is -2.70. The van der Waals surface area contributed by atoms with Crippen LogP contribution < -0.4 is 0 Å². The summed E-state index contributed by atoms with van der Waals surface area (Å²) >= 11 is 0. The molecule has 1 aromatic rings. The van der Waals surface area contributed by atoms with Crippen molar-refractivity contribution in [3.8, 4) is 0 Å². The predicted octanol–water partition coefficient (Wildman–Crippen LogP) is 1.42. The number of aliphatic hydroxyl groups is 1. The molecule has 0 radical (unpaired) electrons. The number of nitrogens with zero attached hydrogens (tertiary/aromatic N) is 3. The number of carbonyl (C=O) groups excluding carboxylic acids is 2. The van der Waals surface area contributed by atoms with E-state index in [1.807, 2.05) is 0 Å². The second-order valence-corrected chi connectivity index (χ2v) is 5.58. The molecule has 1 N–H and O–H groups in total. The zero-order valence-corrected chi connectivity index (χ0v) is 12.6. The van der Waals surface area contributed by atoms with Gasteiger partial charge in [-0.1, -0.05) is 18.2 Å². The Morgan fingerprint density at radius 1 is 1.48 bits per heavy atom. The summed E-state index contributed by atoms with van der Waals surface area (Å²) in [5.74, 6) is -1.58. The van der Waals surface area contributed by atoms with Gasteiger partial charge in [0.25, 0.3) is 11.7 Å². The van der Waals surface area contributed by atoms with Crippen molar-refractivity contribution in [2.24, 2.45) is 0 Å². The average Bonchev–Trinajstić information content (AvgIpc) is 3.09. The number of halogens is 1. The van der Waals surface area contributed by atoms with Crippen molar-refractivity contribution in [1.29, 1.82) is 0 Å². The fraction of sp³-hybridized carbons (Fsp3) is 0.312. The number of aromatic nitrogens is 2. The van der Waals surface area contributed by atoms with Crippen molar-refractivity contribution in [3.63, 3.8) is 0 Å². The lowest BCUT2D eigenvalue weighted by atomic mass is 10.1. The highest BCUT2D eigenvalue weighted by molar-refractivity contribution is 6.46. The Kier molecular flexibility index (Phi) is 3.85. The van der Waals surface area contributed by atoms with E-state index in [1.165, 1.54) is 28.9 Å². The molecule has 1 fully saturated rings. The maximum absolute atomic E-state index is 13.1. The minimum absolute atomic E-state index is 0.0660. The van der Waals surface area contributed by atoms with E-state index in [-0.39, 0.29) is 17.9 Å². The second kappa shape index (κ2) is 5.83. The lowest BCUT2D eigenvalue weighted by Gasteiger charge is -2.12. The van der Waals surface area contributed by atoms with Crippen LogP contribution in [0.4, 0.5) is 4.39 Å². The summed E-state index contributed by atoms with van der Waals surface area (Å²) in [5.41, 5.74) is 1.29. The maximum Gasteiger partial charge on any atom is 0.294 e. The highest BCUT2D eigenvalue weighted by Crippen LogP contribution is 2.23. The molecule has 0 spiro atoms. The van der Waals surface area contributed by atoms with E-state index in [0.717, 1.165) is 5.57 Å². The van der Waals surface area contributed by atoms with Crippen LogP contribution in [0.15, 0.2) is 41.6 Å². The predicted molar refractivity (Wildman–Crippen MR) is 81.2 cm³/mol. The molecule has 1 saturated heterocycles. The first-order chi connectivity index (χ1) is 11.0. The number of likely N-dealkylation sites (tertiary alicyclic amines) is 1. The molecule has 120 valence electrons. The van der Waals surface area contributed by atoms with Gasteiger partial charge in [0.1, 0.15) is 17.6 Å². The first-order valence-electron chi connectivity index (χ1n) is 7.22. The number of allylic oxidation sites excluding steroid dienone is 4. The van der Waals surface area contributed by atoms with Crippen molar-refractivity contribution in [3.05, 3.63) is 47.3 Å². The van der Waals surface area contributed by atoms with Crippen LogP contribution in [0.25, 0.3) is 5.76 Å². The number of hydrogen-bond acceptors (Lipinski definition) is 4. The SMILES string of the molecule is CN1CC(=C(O)c2ccnn2CC2=CCC(F)C=C2)C(=O)C1=O. The summed E-state index contributed by atoms with van der Waals surface area (Å²) in [6.07, 6.45) is 5.78. The van der Waals surface area contributed by atoms with Crippen LogP contribution in [0.1, 0.15) is 12.1 Å². The summed E-state index contributed by atoms with van der Waals surface area (Å²) < 4.78 is 14.6. The molecule has 3 rings (SSSR count). The van der Waals surface area contributed by atoms with Crippen molar-refractivity contribution >= 4 is 17.4 Å². The van der Waals surface area contributed by atoms with E-state index in [0.29, 0.717) is 18.7 Å². The number of carbonyl (C=O) groups is 2. The first-order valence-corrected chi connectivity index (χ1v) is 7.22. The highest BCUT2D eigenvalue weighted by atomic mass is 19.1. The number of amides is 1. The van der Waals surface area contributed by atoms with Gasteiger partial charge in [-0.15, -0.1) is 0 Å². The van der Waals surface area contributed by atoms with Crippen LogP contribution in [0, 0.1) is 0 Å². The number of likely N-dealkylation sites (N-methyl/N-ethyl adjacent to an activating group) is 1. The molecule has 1 amide bonds. The minimum atomic E-state index is -0.968. The van der Waals surface area contributed by atoms with E-state index in [1.54, 1.807) is 18.2 Å². The molecule has 0 bridgehead atoms. The van der Waals surface area contributed by atoms with Crippen LogP contribution >= 0.6 is 0 Å². The Bertz CT molecular complexity index is 760. The van der Waals surface area contributed by atoms with Crippen molar-refractivity contribution in [1.82, 2.24) is 14.7 Å². The second-order valence-electron chi connectivity index (χ2n) is 5.58. The molecule has 0 aromatic carbocycles. The summed E-state index contributed by atoms with van der Waals surface area (Å²) in [7, 11) is 1.50. The van der Waals surface area contributed by atoms with Gasteiger partial charge in [-0.2, -0.15) is 5.10 Å². The molecular weight excluding hydrogens is 301 g/mol. The van der Waals surface area contributed by atoms with Gasteiger partial charge in [0.2, 0.25) is 0 Å². The molecule has 6 nitrogen and oxygen atoms in total. The third kappa shape index (κ3) is 2.81. The molecule has 23 heavy (non-hydrogen) atoms. The van der Waals surface area contributed by atoms with Crippen LogP contribution in [0.2, 0.25) is 0 Å². The molecule has 1 unspecified atom stereocenters. The lowest BCUT2D eigenvalue weighted by Crippen LogP contribution is -2.22. The van der Waals surface area contributed by atoms with E-state index in [4.69, 9.17) is 0 Å². The fourth-order valence-corrected chi connectivity index (χ4v) is 2.61. The Morgan fingerprint density at radius 2 is 2.26 bits per heavy atom. The van der Waals surface area contributed by atoms with Gasteiger partial charge in [0.05, 0.1) is 18.7 Å². The van der Waals surface area contributed by atoms with Crippen LogP contribution in [0.5, 0.6) is 0 Å². The van der Waals surface area contributed by atoms with Gasteiger partial charge in [-0.25, -0.2) is 4.39 Å². The monoisotopic (exact) mass is 317 g/mol. The number of aliphatic hydroxyl groups excluding tert-OH is 1. The number of rotatable bonds is 3. The maximum atomic E-state index is 13.1. The normalized spacial score (nSPS) is 23.5. The summed E-state index contributed by atoms with van der Waals surface area (Å²) in [6, 6.07) is 1.57. The van der Waals surface area contributed by atoms with E-state index in [9.17, 15) is 19.1 Å². The smallest absolute Gasteiger partial charge is 0.294 e. The quantitative estimate of drug-likeness (QED) is 0.520. The fourth-order valence-electron chi connectivity index (χ4n) is 2.61. The summed E-state index contributed by atoms with van der Waals surface area (Å²) in [6.45, 7) is 0.418. The molecule has 2 aliphatic rings. The standard InChI is InChI=1S/C16H16FN3O3/c1-19-9-12(15(22)16(19)23)14(21)13-6-7-18-20(13)8-10-2-4-11(17)5-3-10/h2-4,6-7,11,21H,5,8-9H2,1H3. The van der Waals surface area contributed by atoms with E-state index < -0.39 is 17.9 Å². The van der Waals surface area contributed by atoms with Crippen LogP contribution in [-0.4, -0.2) is 51.2 Å². The Balaban J connectivity index is 1.88. The third-order valence-corrected chi connectivity index (χ3v) is 3.91. The zero-order valence-electron chi connectivity index (χ0n) is 12.6. The molecular formula is C16H16FN3O3. The molecule has 1 aromatic heterocycles. The first kappa shape index (κ1) is 15.2. The minimum Gasteiger partial charge on any atom is -0.505 e. The van der Waals surface area contributed by atoms with Gasteiger partial charge in [0.15, 0.2) is 0 Å². The van der Waals surface area contributed by atoms with E-state index in [2.05, 4.69) is 5.10 Å². The van der Waals surface area contributed by atoms with Gasteiger partial charge < -0.3 is 10.0 Å². The van der Waals surface area contributed by atoms with Crippen LogP contribution in [0.3, 0.4) is 0 Å². The van der Waals surface area contributed by atoms with Gasteiger partial charge in [-0.05, 0) is 11.6 Å². The van der Waals surface area contributed by atoms with Gasteiger partial charge in [0, 0.05) is 19.7 Å². The number of Topliss-reactive ketones (excluding diaryl/α,β-unsaturated/α-hetero) is 1. The molecule has 7 heteroatoms. The molecule has 1 atom stereocenters. The average molecular weight is 317 g/mol. The van der Waals surface area contributed by atoms with Gasteiger partial charge in [-0.3, -0.25) is 14.3 Å². The number of alkyl halides is 1. The molecule has 1 aliphatic carbocycles. The lowest BCUT2D eigenvalue weighted by molar-refractivity contribution is -0.138. The van der Waals surface area contributed by atoms with E-state index >= 15 is 0 Å². The Morgan fingerprint density at radius 3 is 2.87 bits per heavy atom. The summed E-state index contributed by atoms with van der Waals surface area (Å²) in [4.78, 5) is 24.7. The largest absolute Gasteiger partial charge is 0.505 e. The number of hydrogen-bond donors (Lipinski definition) is 1. The van der Waals surface area contributed by atoms with Crippen molar-refractivity contribution < 1.29 is 19.1 Å². The topological polar surface area (TPSA) is 75.4 Å². The zero-order chi connectivity index (χ0) is 16.6. The van der Waals surface area contributed by atoms with Crippen molar-refractivity contribution in [2.45, 2.75) is 19.1 Å². The molecule has 2 heterocycles. The van der Waals surface area contributed by atoms with Gasteiger partial charge >= 0.3 is 0 Å². The molecule has 1 aliphatic heterocycles.